The molecule has 2 aromatic carbocycles. The molecule has 32 heavy (non-hydrogen) atoms. The predicted molar refractivity (Wildman–Crippen MR) is 126 cm³/mol. The maximum atomic E-state index is 11.6. The minimum atomic E-state index is -0.379. The minimum absolute atomic E-state index is 0.000966. The van der Waals surface area contributed by atoms with Crippen molar-refractivity contribution in [1.29, 1.82) is 0 Å². The van der Waals surface area contributed by atoms with E-state index in [0.717, 1.165) is 64.2 Å². The van der Waals surface area contributed by atoms with Gasteiger partial charge in [0.1, 0.15) is 5.75 Å². The van der Waals surface area contributed by atoms with Gasteiger partial charge in [0.25, 0.3) is 0 Å². The molecule has 3 N–H and O–H groups in total. The van der Waals surface area contributed by atoms with Crippen LogP contribution in [0.2, 0.25) is 0 Å². The number of piperazine rings is 1. The SMILES string of the molecule is CCCCOc1ccc(C(CC2OCCc3cc(C(N)=O)ccc32)N2CCNCC2)cc1. The molecular weight excluding hydrogens is 402 g/mol. The van der Waals surface area contributed by atoms with Crippen molar-refractivity contribution in [2.75, 3.05) is 39.4 Å². The van der Waals surface area contributed by atoms with Crippen molar-refractivity contribution in [1.82, 2.24) is 10.2 Å². The van der Waals surface area contributed by atoms with Crippen LogP contribution in [0.15, 0.2) is 42.5 Å². The standard InChI is InChI=1S/C26H35N3O3/c1-2-3-15-31-22-7-4-19(5-8-22)24(29-13-11-28-12-14-29)18-25-23-9-6-21(26(27)30)17-20(23)10-16-32-25/h4-9,17,24-25,28H,2-3,10-16,18H2,1H3,(H2,27,30). The smallest absolute Gasteiger partial charge is 0.248 e. The highest BCUT2D eigenvalue weighted by molar-refractivity contribution is 5.93. The van der Waals surface area contributed by atoms with Crippen molar-refractivity contribution in [2.45, 2.75) is 44.8 Å². The van der Waals surface area contributed by atoms with Gasteiger partial charge in [0.2, 0.25) is 5.91 Å². The highest BCUT2D eigenvalue weighted by atomic mass is 16.5. The van der Waals surface area contributed by atoms with E-state index in [0.29, 0.717) is 12.2 Å². The summed E-state index contributed by atoms with van der Waals surface area (Å²) < 4.78 is 12.1. The molecule has 0 aliphatic carbocycles. The number of rotatable bonds is 9. The minimum Gasteiger partial charge on any atom is -0.494 e. The topological polar surface area (TPSA) is 76.8 Å². The number of ether oxygens (including phenoxy) is 2. The molecule has 2 aromatic rings. The van der Waals surface area contributed by atoms with Gasteiger partial charge in [0.15, 0.2) is 0 Å². The van der Waals surface area contributed by atoms with Crippen LogP contribution in [-0.4, -0.2) is 50.2 Å². The lowest BCUT2D eigenvalue weighted by Gasteiger charge is -2.38. The highest BCUT2D eigenvalue weighted by Crippen LogP contribution is 2.38. The second-order valence-electron chi connectivity index (χ2n) is 8.70. The van der Waals surface area contributed by atoms with Crippen molar-refractivity contribution in [2.24, 2.45) is 5.73 Å². The number of fused-ring (bicyclic) bond motifs is 1. The summed E-state index contributed by atoms with van der Waals surface area (Å²) in [6, 6.07) is 14.6. The third kappa shape index (κ3) is 5.49. The van der Waals surface area contributed by atoms with Gasteiger partial charge in [-0.15, -0.1) is 0 Å². The van der Waals surface area contributed by atoms with Crippen LogP contribution < -0.4 is 15.8 Å². The Morgan fingerprint density at radius 3 is 2.72 bits per heavy atom. The van der Waals surface area contributed by atoms with Crippen LogP contribution in [0.4, 0.5) is 0 Å². The second-order valence-corrected chi connectivity index (χ2v) is 8.70. The molecule has 2 heterocycles. The van der Waals surface area contributed by atoms with Crippen LogP contribution >= 0.6 is 0 Å². The molecule has 2 atom stereocenters. The fourth-order valence-electron chi connectivity index (χ4n) is 4.70. The fraction of sp³-hybridized carbons (Fsp3) is 0.500. The van der Waals surface area contributed by atoms with Gasteiger partial charge >= 0.3 is 0 Å². The molecule has 2 aliphatic heterocycles. The Morgan fingerprint density at radius 2 is 2.00 bits per heavy atom. The molecule has 1 saturated heterocycles. The first-order chi connectivity index (χ1) is 15.7. The zero-order chi connectivity index (χ0) is 22.3. The Balaban J connectivity index is 1.55. The second kappa shape index (κ2) is 10.9. The van der Waals surface area contributed by atoms with Crippen LogP contribution in [0.1, 0.15) is 65.4 Å². The number of hydrogen-bond donors (Lipinski definition) is 2. The van der Waals surface area contributed by atoms with Crippen LogP contribution in [0.3, 0.4) is 0 Å². The van der Waals surface area contributed by atoms with Crippen molar-refractivity contribution in [3.63, 3.8) is 0 Å². The van der Waals surface area contributed by atoms with Gasteiger partial charge in [-0.25, -0.2) is 0 Å². The molecule has 2 aliphatic rings. The largest absolute Gasteiger partial charge is 0.494 e. The third-order valence-electron chi connectivity index (χ3n) is 6.53. The molecule has 0 saturated carbocycles. The lowest BCUT2D eigenvalue weighted by atomic mass is 9.89. The van der Waals surface area contributed by atoms with Crippen molar-refractivity contribution in [3.8, 4) is 5.75 Å². The monoisotopic (exact) mass is 437 g/mol. The van der Waals surface area contributed by atoms with E-state index in [4.69, 9.17) is 15.2 Å². The number of primary amides is 1. The predicted octanol–water partition coefficient (Wildman–Crippen LogP) is 3.61. The summed E-state index contributed by atoms with van der Waals surface area (Å²) in [7, 11) is 0. The lowest BCUT2D eigenvalue weighted by molar-refractivity contribution is 0.0119. The molecule has 6 heteroatoms. The maximum Gasteiger partial charge on any atom is 0.248 e. The first-order valence-corrected chi connectivity index (χ1v) is 11.9. The number of nitrogens with two attached hydrogens (primary N) is 1. The summed E-state index contributed by atoms with van der Waals surface area (Å²) in [5, 5.41) is 3.46. The van der Waals surface area contributed by atoms with Crippen molar-refractivity contribution < 1.29 is 14.3 Å². The van der Waals surface area contributed by atoms with E-state index >= 15 is 0 Å². The molecule has 1 amide bonds. The van der Waals surface area contributed by atoms with Crippen molar-refractivity contribution >= 4 is 5.91 Å². The van der Waals surface area contributed by atoms with Gasteiger partial charge in [-0.1, -0.05) is 31.5 Å². The zero-order valence-corrected chi connectivity index (χ0v) is 19.0. The van der Waals surface area contributed by atoms with E-state index in [2.05, 4.69) is 41.4 Å². The highest BCUT2D eigenvalue weighted by Gasteiger charge is 2.29. The Morgan fingerprint density at radius 1 is 1.22 bits per heavy atom. The van der Waals surface area contributed by atoms with Crippen LogP contribution in [0.5, 0.6) is 5.75 Å². The number of unbranched alkanes of at least 4 members (excludes halogenated alkanes) is 1. The molecule has 6 nitrogen and oxygen atoms in total. The number of carbonyl (C=O) groups excluding carboxylic acids is 1. The van der Waals surface area contributed by atoms with E-state index in [-0.39, 0.29) is 18.1 Å². The van der Waals surface area contributed by atoms with E-state index in [9.17, 15) is 4.79 Å². The van der Waals surface area contributed by atoms with E-state index in [1.54, 1.807) is 0 Å². The van der Waals surface area contributed by atoms with Gasteiger partial charge in [0, 0.05) is 37.8 Å². The summed E-state index contributed by atoms with van der Waals surface area (Å²) in [5.74, 6) is 0.551. The number of benzene rings is 2. The van der Waals surface area contributed by atoms with Gasteiger partial charge < -0.3 is 20.5 Å². The average Bonchev–Trinajstić information content (AvgIpc) is 2.83. The Kier molecular flexibility index (Phi) is 7.79. The third-order valence-corrected chi connectivity index (χ3v) is 6.53. The Bertz CT molecular complexity index is 894. The summed E-state index contributed by atoms with van der Waals surface area (Å²) >= 11 is 0. The zero-order valence-electron chi connectivity index (χ0n) is 19.0. The molecule has 2 unspecified atom stereocenters. The van der Waals surface area contributed by atoms with Crippen LogP contribution in [0.25, 0.3) is 0 Å². The molecular formula is C26H35N3O3. The Labute approximate surface area is 191 Å². The van der Waals surface area contributed by atoms with Crippen LogP contribution in [-0.2, 0) is 11.2 Å². The first-order valence-electron chi connectivity index (χ1n) is 11.9. The van der Waals surface area contributed by atoms with Crippen molar-refractivity contribution in [3.05, 3.63) is 64.7 Å². The van der Waals surface area contributed by atoms with E-state index < -0.39 is 0 Å². The number of nitrogens with one attached hydrogen (secondary N) is 1. The van der Waals surface area contributed by atoms with Gasteiger partial charge in [-0.3, -0.25) is 9.69 Å². The van der Waals surface area contributed by atoms with Crippen LogP contribution in [0, 0.1) is 0 Å². The molecule has 0 radical (unpaired) electrons. The summed E-state index contributed by atoms with van der Waals surface area (Å²) in [6.07, 6.45) is 3.89. The van der Waals surface area contributed by atoms with E-state index in [1.807, 2.05) is 18.2 Å². The molecule has 0 aromatic heterocycles. The number of amides is 1. The van der Waals surface area contributed by atoms with Gasteiger partial charge in [0.05, 0.1) is 19.3 Å². The molecule has 1 fully saturated rings. The quantitative estimate of drug-likeness (QED) is 0.586. The average molecular weight is 438 g/mol. The molecule has 0 spiro atoms. The summed E-state index contributed by atoms with van der Waals surface area (Å²) in [4.78, 5) is 14.2. The molecule has 4 rings (SSSR count). The number of hydrogen-bond acceptors (Lipinski definition) is 5. The van der Waals surface area contributed by atoms with Gasteiger partial charge in [-0.2, -0.15) is 0 Å². The lowest BCUT2D eigenvalue weighted by Crippen LogP contribution is -2.45. The first kappa shape index (κ1) is 22.8. The summed E-state index contributed by atoms with van der Waals surface area (Å²) in [6.45, 7) is 7.62. The Hall–Kier alpha value is -2.41. The van der Waals surface area contributed by atoms with Gasteiger partial charge in [-0.05, 0) is 60.2 Å². The fourth-order valence-corrected chi connectivity index (χ4v) is 4.70. The van der Waals surface area contributed by atoms with E-state index in [1.165, 1.54) is 16.7 Å². The molecule has 0 bridgehead atoms. The number of carbonyl (C=O) groups is 1. The molecule has 172 valence electrons. The number of nitrogens with zero attached hydrogens (tertiary/aromatic N) is 1. The summed E-state index contributed by atoms with van der Waals surface area (Å²) in [5.41, 5.74) is 9.71. The maximum absolute atomic E-state index is 11.6. The normalized spacial score (nSPS) is 19.8.